The molecule has 3 unspecified atom stereocenters. The molecule has 1 saturated heterocycles. The van der Waals surface area contributed by atoms with E-state index in [1.165, 1.54) is 6.92 Å². The summed E-state index contributed by atoms with van der Waals surface area (Å²) in [6.07, 6.45) is -2.14. The summed E-state index contributed by atoms with van der Waals surface area (Å²) >= 11 is 5.82. The molecule has 0 aliphatic carbocycles. The zero-order valence-electron chi connectivity index (χ0n) is 24.1. The van der Waals surface area contributed by atoms with Crippen molar-refractivity contribution < 1.29 is 57.2 Å². The maximum absolute atomic E-state index is 13.9. The van der Waals surface area contributed by atoms with Crippen LogP contribution in [0.5, 0.6) is 0 Å². The number of carbonyl (C=O) groups is 6. The van der Waals surface area contributed by atoms with Gasteiger partial charge in [-0.3, -0.25) is 28.8 Å². The molecule has 2 N–H and O–H groups in total. The van der Waals surface area contributed by atoms with Crippen LogP contribution in [0.3, 0.4) is 0 Å². The highest BCUT2D eigenvalue weighted by Gasteiger charge is 2.38. The minimum Gasteiger partial charge on any atom is -0.464 e. The third kappa shape index (κ3) is 11.2. The molecule has 2 amide bonds. The summed E-state index contributed by atoms with van der Waals surface area (Å²) in [6, 6.07) is -1.15. The maximum Gasteiger partial charge on any atom is 0.303 e. The standard InChI is InChI=1S/C26H31I3N2O12/c1-11(32)38-7-15-20(27)19(22(29)23(21(15)28)31-24(36)18-10-41-26(5,6)43-18)25(37)30-16(8-39-12(2)33)17(42-14(4)35)9-40-13(3)34/h16-18H,7-10H2,1-6H3,(H,30,37)(H,31,36). The fourth-order valence-corrected chi connectivity index (χ4v) is 7.92. The van der Waals surface area contributed by atoms with Gasteiger partial charge < -0.3 is 39.1 Å². The Labute approximate surface area is 288 Å². The van der Waals surface area contributed by atoms with E-state index in [4.69, 9.17) is 28.4 Å². The summed E-state index contributed by atoms with van der Waals surface area (Å²) in [4.78, 5) is 73.5. The van der Waals surface area contributed by atoms with Gasteiger partial charge in [0.25, 0.3) is 11.8 Å². The van der Waals surface area contributed by atoms with E-state index in [1.54, 1.807) is 13.8 Å². The van der Waals surface area contributed by atoms with E-state index in [0.29, 0.717) is 16.3 Å². The molecular formula is C26H31I3N2O12. The van der Waals surface area contributed by atoms with Crippen LogP contribution >= 0.6 is 67.8 Å². The molecule has 0 bridgehead atoms. The van der Waals surface area contributed by atoms with Crippen LogP contribution in [-0.4, -0.2) is 79.5 Å². The Morgan fingerprint density at radius 2 is 1.44 bits per heavy atom. The number of hydrogen-bond donors (Lipinski definition) is 2. The van der Waals surface area contributed by atoms with Gasteiger partial charge in [0, 0.05) is 40.4 Å². The quantitative estimate of drug-likeness (QED) is 0.178. The molecule has 0 radical (unpaired) electrons. The highest BCUT2D eigenvalue weighted by Crippen LogP contribution is 2.37. The fraction of sp³-hybridized carbons (Fsp3) is 0.538. The number of hydrogen-bond acceptors (Lipinski definition) is 12. The molecule has 3 atom stereocenters. The third-order valence-electron chi connectivity index (χ3n) is 5.60. The van der Waals surface area contributed by atoms with E-state index in [2.05, 4.69) is 10.6 Å². The van der Waals surface area contributed by atoms with E-state index in [1.807, 2.05) is 67.8 Å². The van der Waals surface area contributed by atoms with Crippen molar-refractivity contribution in [3.8, 4) is 0 Å². The summed E-state index contributed by atoms with van der Waals surface area (Å²) in [6.45, 7) is 7.00. The van der Waals surface area contributed by atoms with Crippen LogP contribution in [-0.2, 0) is 59.0 Å². The Morgan fingerprint density at radius 3 is 1.95 bits per heavy atom. The van der Waals surface area contributed by atoms with Gasteiger partial charge in [-0.15, -0.1) is 0 Å². The summed E-state index contributed by atoms with van der Waals surface area (Å²) in [7, 11) is 0. The lowest BCUT2D eigenvalue weighted by molar-refractivity contribution is -0.160. The van der Waals surface area contributed by atoms with Gasteiger partial charge in [-0.1, -0.05) is 0 Å². The smallest absolute Gasteiger partial charge is 0.303 e. The Balaban J connectivity index is 2.57. The average molecular weight is 944 g/mol. The van der Waals surface area contributed by atoms with Gasteiger partial charge in [0.1, 0.15) is 25.9 Å². The van der Waals surface area contributed by atoms with Crippen LogP contribution in [0.4, 0.5) is 5.69 Å². The van der Waals surface area contributed by atoms with Gasteiger partial charge in [0.05, 0.1) is 21.4 Å². The SMILES string of the molecule is CC(=O)OCc1c(I)c(NC(=O)C2COC(C)(C)O2)c(I)c(C(=O)NC(COC(C)=O)C(COC(C)=O)OC(C)=O)c1I. The highest BCUT2D eigenvalue weighted by molar-refractivity contribution is 14.1. The minimum absolute atomic E-state index is 0.0156. The fourth-order valence-electron chi connectivity index (χ4n) is 3.68. The number of anilines is 1. The number of halogens is 3. The van der Waals surface area contributed by atoms with Crippen LogP contribution in [0.25, 0.3) is 0 Å². The number of benzene rings is 1. The van der Waals surface area contributed by atoms with E-state index in [0.717, 1.165) is 20.8 Å². The monoisotopic (exact) mass is 944 g/mol. The molecule has 14 nitrogen and oxygen atoms in total. The number of rotatable bonds is 12. The number of amides is 2. The van der Waals surface area contributed by atoms with Gasteiger partial charge in [-0.25, -0.2) is 0 Å². The van der Waals surface area contributed by atoms with Crippen molar-refractivity contribution in [3.05, 3.63) is 21.8 Å². The van der Waals surface area contributed by atoms with Crippen LogP contribution in [0.2, 0.25) is 0 Å². The predicted octanol–water partition coefficient (Wildman–Crippen LogP) is 2.81. The van der Waals surface area contributed by atoms with E-state index < -0.39 is 72.9 Å². The van der Waals surface area contributed by atoms with Gasteiger partial charge in [0.2, 0.25) is 0 Å². The Kier molecular flexibility index (Phi) is 14.3. The summed E-state index contributed by atoms with van der Waals surface area (Å²) in [5.41, 5.74) is 0.791. The zero-order chi connectivity index (χ0) is 32.6. The van der Waals surface area contributed by atoms with Crippen LogP contribution in [0.1, 0.15) is 57.5 Å². The van der Waals surface area contributed by atoms with Crippen molar-refractivity contribution >= 4 is 109 Å². The van der Waals surface area contributed by atoms with E-state index >= 15 is 0 Å². The van der Waals surface area contributed by atoms with Gasteiger partial charge in [0.15, 0.2) is 18.0 Å². The van der Waals surface area contributed by atoms with Crippen molar-refractivity contribution in [3.63, 3.8) is 0 Å². The zero-order valence-corrected chi connectivity index (χ0v) is 30.6. The Bertz CT molecular complexity index is 1290. The first kappa shape index (κ1) is 37.3. The molecule has 1 fully saturated rings. The molecule has 1 aliphatic heterocycles. The number of nitrogens with one attached hydrogen (secondary N) is 2. The van der Waals surface area contributed by atoms with Crippen LogP contribution in [0, 0.1) is 10.7 Å². The van der Waals surface area contributed by atoms with Gasteiger partial charge in [-0.2, -0.15) is 0 Å². The first-order valence-corrected chi connectivity index (χ1v) is 15.9. The highest BCUT2D eigenvalue weighted by atomic mass is 127. The first-order chi connectivity index (χ1) is 19.9. The number of esters is 4. The second-order valence-electron chi connectivity index (χ2n) is 9.59. The Hall–Kier alpha value is -1.85. The summed E-state index contributed by atoms with van der Waals surface area (Å²) in [5.74, 6) is -4.79. The summed E-state index contributed by atoms with van der Waals surface area (Å²) in [5, 5.41) is 5.50. The molecule has 238 valence electrons. The molecular weight excluding hydrogens is 913 g/mol. The van der Waals surface area contributed by atoms with Crippen molar-refractivity contribution in [2.24, 2.45) is 0 Å². The Morgan fingerprint density at radius 1 is 0.860 bits per heavy atom. The van der Waals surface area contributed by atoms with Crippen molar-refractivity contribution in [1.29, 1.82) is 0 Å². The average Bonchev–Trinajstić information content (AvgIpc) is 3.25. The van der Waals surface area contributed by atoms with Gasteiger partial charge in [-0.05, 0) is 81.6 Å². The van der Waals surface area contributed by atoms with E-state index in [9.17, 15) is 28.8 Å². The van der Waals surface area contributed by atoms with Gasteiger partial charge >= 0.3 is 23.9 Å². The minimum atomic E-state index is -1.22. The molecule has 17 heteroatoms. The van der Waals surface area contributed by atoms with Crippen molar-refractivity contribution in [2.45, 2.75) is 72.2 Å². The topological polar surface area (TPSA) is 182 Å². The molecule has 2 rings (SSSR count). The predicted molar refractivity (Wildman–Crippen MR) is 174 cm³/mol. The third-order valence-corrected chi connectivity index (χ3v) is 9.06. The first-order valence-electron chi connectivity index (χ1n) is 12.6. The van der Waals surface area contributed by atoms with Crippen LogP contribution in [0.15, 0.2) is 0 Å². The number of carbonyl (C=O) groups excluding carboxylic acids is 6. The lowest BCUT2D eigenvalue weighted by Gasteiger charge is -2.28. The van der Waals surface area contributed by atoms with E-state index in [-0.39, 0.29) is 24.5 Å². The molecule has 0 aromatic heterocycles. The molecule has 43 heavy (non-hydrogen) atoms. The lowest BCUT2D eigenvalue weighted by Crippen LogP contribution is -2.50. The second kappa shape index (κ2) is 16.5. The normalized spacial score (nSPS) is 16.8. The molecule has 1 aliphatic rings. The maximum atomic E-state index is 13.9. The van der Waals surface area contributed by atoms with Crippen molar-refractivity contribution in [2.75, 3.05) is 25.1 Å². The molecule has 1 heterocycles. The molecule has 1 aromatic rings. The molecule has 0 saturated carbocycles. The molecule has 1 aromatic carbocycles. The van der Waals surface area contributed by atoms with Crippen LogP contribution < -0.4 is 10.6 Å². The second-order valence-corrected chi connectivity index (χ2v) is 12.8. The lowest BCUT2D eigenvalue weighted by atomic mass is 10.1. The molecule has 0 spiro atoms. The summed E-state index contributed by atoms with van der Waals surface area (Å²) < 4.78 is 33.0. The largest absolute Gasteiger partial charge is 0.464 e. The number of ether oxygens (including phenoxy) is 6. The van der Waals surface area contributed by atoms with Crippen molar-refractivity contribution in [1.82, 2.24) is 5.32 Å².